The van der Waals surface area contributed by atoms with E-state index < -0.39 is 15.0 Å². The fourth-order valence-electron chi connectivity index (χ4n) is 1.40. The molecule has 0 aliphatic carbocycles. The molecule has 1 nitrogen and oxygen atoms in total. The van der Waals surface area contributed by atoms with Crippen LogP contribution in [-0.2, 0) is 0 Å². The molecule has 0 amide bonds. The van der Waals surface area contributed by atoms with Gasteiger partial charge in [-0.1, -0.05) is 0 Å². The molecule has 15 heavy (non-hydrogen) atoms. The average Bonchev–Trinajstić information content (AvgIpc) is 2.33. The minimum atomic E-state index is -0.641. The van der Waals surface area contributed by atoms with Gasteiger partial charge in [0, 0.05) is 0 Å². The van der Waals surface area contributed by atoms with Crippen molar-refractivity contribution >= 4 is 36.4 Å². The van der Waals surface area contributed by atoms with Gasteiger partial charge in [-0.3, -0.25) is 0 Å². The predicted molar refractivity (Wildman–Crippen MR) is 68.0 cm³/mol. The summed E-state index contributed by atoms with van der Waals surface area (Å²) < 4.78 is 2.18. The minimum absolute atomic E-state index is 0.641. The van der Waals surface area contributed by atoms with Gasteiger partial charge in [-0.05, 0) is 0 Å². The fourth-order valence-corrected chi connectivity index (χ4v) is 3.45. The van der Waals surface area contributed by atoms with E-state index in [2.05, 4.69) is 28.1 Å². The summed E-state index contributed by atoms with van der Waals surface area (Å²) in [5.74, 6) is 0. The number of rotatable bonds is 3. The second-order valence-corrected chi connectivity index (χ2v) is 5.26. The van der Waals surface area contributed by atoms with E-state index in [-0.39, 0.29) is 0 Å². The van der Waals surface area contributed by atoms with E-state index in [4.69, 9.17) is 9.95 Å². The zero-order valence-electron chi connectivity index (χ0n) is 8.10. The first kappa shape index (κ1) is 10.6. The molecule has 2 aromatic carbocycles. The third-order valence-corrected chi connectivity index (χ3v) is 4.43. The SMILES string of the molecule is Cl[AsH]N(c1ccccc1)c1ccccc1. The van der Waals surface area contributed by atoms with Crippen LogP contribution in [-0.4, -0.2) is 15.0 Å². The van der Waals surface area contributed by atoms with E-state index in [1.165, 1.54) is 11.4 Å². The number of para-hydroxylation sites is 2. The predicted octanol–water partition coefficient (Wildman–Crippen LogP) is 3.33. The Hall–Kier alpha value is -0.912. The molecule has 0 saturated heterocycles. The van der Waals surface area contributed by atoms with Crippen LogP contribution in [0.3, 0.4) is 0 Å². The number of anilines is 2. The Bertz CT molecular complexity index is 365. The van der Waals surface area contributed by atoms with Gasteiger partial charge in [-0.25, -0.2) is 0 Å². The van der Waals surface area contributed by atoms with Gasteiger partial charge in [-0.2, -0.15) is 0 Å². The van der Waals surface area contributed by atoms with Gasteiger partial charge in [0.05, 0.1) is 0 Å². The van der Waals surface area contributed by atoms with E-state index in [1.54, 1.807) is 0 Å². The summed E-state index contributed by atoms with van der Waals surface area (Å²) in [6, 6.07) is 20.5. The molecule has 1 unspecified atom stereocenters. The Labute approximate surface area is 101 Å². The molecule has 2 rings (SSSR count). The van der Waals surface area contributed by atoms with E-state index in [9.17, 15) is 0 Å². The van der Waals surface area contributed by atoms with Gasteiger partial charge in [0.1, 0.15) is 0 Å². The third-order valence-electron chi connectivity index (χ3n) is 2.11. The molecule has 0 aromatic heterocycles. The summed E-state index contributed by atoms with van der Waals surface area (Å²) in [5.41, 5.74) is 2.33. The van der Waals surface area contributed by atoms with Crippen LogP contribution < -0.4 is 3.82 Å². The van der Waals surface area contributed by atoms with E-state index in [0.29, 0.717) is 0 Å². The van der Waals surface area contributed by atoms with Crippen molar-refractivity contribution in [3.8, 4) is 0 Å². The molecule has 0 fully saturated rings. The number of nitrogens with zero attached hydrogens (tertiary/aromatic N) is 1. The van der Waals surface area contributed by atoms with Crippen molar-refractivity contribution in [3.05, 3.63) is 60.7 Å². The molecule has 0 radical (unpaired) electrons. The number of hydrogen-bond donors (Lipinski definition) is 0. The van der Waals surface area contributed by atoms with Crippen LogP contribution in [0.5, 0.6) is 0 Å². The van der Waals surface area contributed by atoms with Crippen molar-refractivity contribution in [2.24, 2.45) is 0 Å². The topological polar surface area (TPSA) is 3.24 Å². The molecule has 0 N–H and O–H groups in total. The number of benzene rings is 2. The van der Waals surface area contributed by atoms with Crippen molar-refractivity contribution in [1.82, 2.24) is 0 Å². The monoisotopic (exact) mass is 279 g/mol. The maximum absolute atomic E-state index is 6.09. The molecular weight excluding hydrogens is 269 g/mol. The van der Waals surface area contributed by atoms with E-state index >= 15 is 0 Å². The molecule has 0 aliphatic rings. The first-order valence-corrected chi connectivity index (χ1v) is 8.38. The standard InChI is InChI=1S/C12H11AsClN/c14-13-15(11-7-3-1-4-8-11)12-9-5-2-6-10-12/h1-10,13H. The van der Waals surface area contributed by atoms with Crippen molar-refractivity contribution in [1.29, 1.82) is 0 Å². The summed E-state index contributed by atoms with van der Waals surface area (Å²) in [7, 11) is 6.09. The molecule has 0 bridgehead atoms. The molecule has 3 heteroatoms. The number of hydrogen-bond acceptors (Lipinski definition) is 1. The summed E-state index contributed by atoms with van der Waals surface area (Å²) >= 11 is -0.641. The zero-order chi connectivity index (χ0) is 10.5. The second kappa shape index (κ2) is 5.25. The number of halogens is 1. The van der Waals surface area contributed by atoms with E-state index in [0.717, 1.165) is 0 Å². The van der Waals surface area contributed by atoms with Crippen LogP contribution in [0.25, 0.3) is 0 Å². The molecule has 1 atom stereocenters. The molecular formula is C12H11AsClN. The molecule has 76 valence electrons. The first-order valence-electron chi connectivity index (χ1n) is 4.68. The van der Waals surface area contributed by atoms with Gasteiger partial charge in [0.25, 0.3) is 0 Å². The van der Waals surface area contributed by atoms with Crippen LogP contribution in [0.4, 0.5) is 11.4 Å². The molecule has 0 saturated carbocycles. The fraction of sp³-hybridized carbons (Fsp3) is 0. The van der Waals surface area contributed by atoms with Gasteiger partial charge in [-0.15, -0.1) is 0 Å². The Morgan fingerprint density at radius 1 is 0.733 bits per heavy atom. The van der Waals surface area contributed by atoms with Crippen molar-refractivity contribution in [2.75, 3.05) is 3.82 Å². The third kappa shape index (κ3) is 2.56. The Morgan fingerprint density at radius 3 is 1.47 bits per heavy atom. The molecule has 0 aliphatic heterocycles. The van der Waals surface area contributed by atoms with Crippen LogP contribution in [0.2, 0.25) is 0 Å². The van der Waals surface area contributed by atoms with Crippen LogP contribution in [0.15, 0.2) is 60.7 Å². The summed E-state index contributed by atoms with van der Waals surface area (Å²) in [4.78, 5) is 0. The molecule has 0 spiro atoms. The Balaban J connectivity index is 2.34. The van der Waals surface area contributed by atoms with Gasteiger partial charge >= 0.3 is 101 Å². The molecule has 0 heterocycles. The van der Waals surface area contributed by atoms with Crippen molar-refractivity contribution in [2.45, 2.75) is 0 Å². The van der Waals surface area contributed by atoms with Gasteiger partial charge < -0.3 is 0 Å². The quantitative estimate of drug-likeness (QED) is 0.779. The second-order valence-electron chi connectivity index (χ2n) is 3.09. The van der Waals surface area contributed by atoms with Gasteiger partial charge in [0.15, 0.2) is 0 Å². The normalized spacial score (nSPS) is 10.7. The summed E-state index contributed by atoms with van der Waals surface area (Å²) in [6.07, 6.45) is 0. The summed E-state index contributed by atoms with van der Waals surface area (Å²) in [6.45, 7) is 0. The average molecular weight is 280 g/mol. The summed E-state index contributed by atoms with van der Waals surface area (Å²) in [5, 5.41) is 0. The van der Waals surface area contributed by atoms with Crippen LogP contribution in [0.1, 0.15) is 0 Å². The van der Waals surface area contributed by atoms with Crippen molar-refractivity contribution in [3.63, 3.8) is 0 Å². The Kier molecular flexibility index (Phi) is 3.71. The van der Waals surface area contributed by atoms with Crippen LogP contribution in [0, 0.1) is 0 Å². The maximum atomic E-state index is 6.09. The van der Waals surface area contributed by atoms with Crippen LogP contribution >= 0.6 is 9.95 Å². The van der Waals surface area contributed by atoms with E-state index in [1.807, 2.05) is 36.4 Å². The van der Waals surface area contributed by atoms with Crippen molar-refractivity contribution < 1.29 is 0 Å². The zero-order valence-corrected chi connectivity index (χ0v) is 11.0. The van der Waals surface area contributed by atoms with Gasteiger partial charge in [0.2, 0.25) is 0 Å². The first-order chi connectivity index (χ1) is 7.42. The molecule has 2 aromatic rings. The Morgan fingerprint density at radius 2 is 1.13 bits per heavy atom.